The van der Waals surface area contributed by atoms with Crippen LogP contribution in [0.25, 0.3) is 0 Å². The highest BCUT2D eigenvalue weighted by molar-refractivity contribution is 5.47. The average molecular weight is 274 g/mol. The predicted molar refractivity (Wildman–Crippen MR) is 76.3 cm³/mol. The molecule has 4 heteroatoms. The maximum atomic E-state index is 9.62. The first kappa shape index (κ1) is 14.1. The summed E-state index contributed by atoms with van der Waals surface area (Å²) >= 11 is 0. The molecule has 0 aliphatic carbocycles. The van der Waals surface area contributed by atoms with Crippen molar-refractivity contribution in [2.24, 2.45) is 0 Å². The van der Waals surface area contributed by atoms with Gasteiger partial charge in [-0.15, -0.1) is 0 Å². The summed E-state index contributed by atoms with van der Waals surface area (Å²) in [5, 5.41) is 38.0. The lowest BCUT2D eigenvalue weighted by Crippen LogP contribution is -2.00. The Morgan fingerprint density at radius 2 is 1.20 bits per heavy atom. The van der Waals surface area contributed by atoms with Crippen molar-refractivity contribution in [3.8, 4) is 23.0 Å². The van der Waals surface area contributed by atoms with E-state index in [-0.39, 0.29) is 28.9 Å². The van der Waals surface area contributed by atoms with Crippen molar-refractivity contribution in [1.29, 1.82) is 0 Å². The second-order valence-electron chi connectivity index (χ2n) is 4.84. The second-order valence-corrected chi connectivity index (χ2v) is 4.84. The Balaban J connectivity index is 2.44. The summed E-state index contributed by atoms with van der Waals surface area (Å²) in [6.07, 6.45) is 1.75. The maximum absolute atomic E-state index is 9.62. The minimum absolute atomic E-state index is 0.0157. The molecule has 0 aliphatic rings. The molecule has 0 saturated heterocycles. The first-order chi connectivity index (χ1) is 9.52. The van der Waals surface area contributed by atoms with Gasteiger partial charge in [0.1, 0.15) is 0 Å². The van der Waals surface area contributed by atoms with Crippen LogP contribution in [0.4, 0.5) is 0 Å². The number of hydrogen-bond acceptors (Lipinski definition) is 4. The molecule has 0 bridgehead atoms. The van der Waals surface area contributed by atoms with Gasteiger partial charge in [-0.25, -0.2) is 0 Å². The molecule has 4 N–H and O–H groups in total. The lowest BCUT2D eigenvalue weighted by atomic mass is 9.87. The number of rotatable bonds is 4. The first-order valence-corrected chi connectivity index (χ1v) is 6.56. The minimum atomic E-state index is -0.161. The Hall–Kier alpha value is -2.36. The van der Waals surface area contributed by atoms with Gasteiger partial charge in [0.15, 0.2) is 23.0 Å². The van der Waals surface area contributed by atoms with Gasteiger partial charge in [-0.2, -0.15) is 0 Å². The van der Waals surface area contributed by atoms with Crippen molar-refractivity contribution in [3.63, 3.8) is 0 Å². The van der Waals surface area contributed by atoms with Crippen molar-refractivity contribution in [1.82, 2.24) is 0 Å². The smallest absolute Gasteiger partial charge is 0.157 e. The molecule has 0 aliphatic heterocycles. The summed E-state index contributed by atoms with van der Waals surface area (Å²) in [5.74, 6) is -0.647. The van der Waals surface area contributed by atoms with Gasteiger partial charge < -0.3 is 20.4 Å². The maximum Gasteiger partial charge on any atom is 0.157 e. The molecule has 0 amide bonds. The van der Waals surface area contributed by atoms with Crippen LogP contribution in [0.2, 0.25) is 0 Å². The molecule has 0 aromatic heterocycles. The van der Waals surface area contributed by atoms with E-state index < -0.39 is 0 Å². The molecule has 0 atom stereocenters. The van der Waals surface area contributed by atoms with E-state index in [2.05, 4.69) is 0 Å². The molecule has 0 fully saturated rings. The molecule has 0 spiro atoms. The van der Waals surface area contributed by atoms with Gasteiger partial charge in [0, 0.05) is 5.92 Å². The van der Waals surface area contributed by atoms with Gasteiger partial charge >= 0.3 is 0 Å². The molecule has 20 heavy (non-hydrogen) atoms. The Kier molecular flexibility index (Phi) is 4.03. The monoisotopic (exact) mass is 274 g/mol. The van der Waals surface area contributed by atoms with Gasteiger partial charge in [0.05, 0.1) is 0 Å². The molecule has 0 saturated carbocycles. The standard InChI is InChI=1S/C16H18O4/c1-2-3-12(10-4-6-13(17)15(19)8-10)11-5-7-14(18)16(20)9-11/h4-9,12,17-20H,2-3H2,1H3. The van der Waals surface area contributed by atoms with E-state index >= 15 is 0 Å². The predicted octanol–water partition coefficient (Wildman–Crippen LogP) is 3.44. The van der Waals surface area contributed by atoms with E-state index in [1.54, 1.807) is 12.1 Å². The number of benzene rings is 2. The zero-order valence-electron chi connectivity index (χ0n) is 11.2. The van der Waals surface area contributed by atoms with E-state index in [0.29, 0.717) is 0 Å². The lowest BCUT2D eigenvalue weighted by Gasteiger charge is -2.18. The van der Waals surface area contributed by atoms with E-state index in [4.69, 9.17) is 0 Å². The Bertz CT molecular complexity index is 556. The van der Waals surface area contributed by atoms with Crippen LogP contribution in [-0.4, -0.2) is 20.4 Å². The van der Waals surface area contributed by atoms with E-state index in [0.717, 1.165) is 24.0 Å². The van der Waals surface area contributed by atoms with Gasteiger partial charge in [0.25, 0.3) is 0 Å². The summed E-state index contributed by atoms with van der Waals surface area (Å²) in [4.78, 5) is 0. The van der Waals surface area contributed by atoms with Crippen LogP contribution < -0.4 is 0 Å². The molecular weight excluding hydrogens is 256 g/mol. The third-order valence-corrected chi connectivity index (χ3v) is 3.38. The summed E-state index contributed by atoms with van der Waals surface area (Å²) in [7, 11) is 0. The van der Waals surface area contributed by atoms with Crippen LogP contribution >= 0.6 is 0 Å². The first-order valence-electron chi connectivity index (χ1n) is 6.56. The molecule has 106 valence electrons. The topological polar surface area (TPSA) is 80.9 Å². The quantitative estimate of drug-likeness (QED) is 0.644. The molecule has 2 rings (SSSR count). The molecule has 0 radical (unpaired) electrons. The van der Waals surface area contributed by atoms with Crippen LogP contribution in [-0.2, 0) is 0 Å². The summed E-state index contributed by atoms with van der Waals surface area (Å²) in [6.45, 7) is 2.05. The Morgan fingerprint density at radius 1 is 0.750 bits per heavy atom. The van der Waals surface area contributed by atoms with E-state index in [9.17, 15) is 20.4 Å². The van der Waals surface area contributed by atoms with E-state index in [1.165, 1.54) is 24.3 Å². The van der Waals surface area contributed by atoms with Crippen molar-refractivity contribution in [3.05, 3.63) is 47.5 Å². The van der Waals surface area contributed by atoms with Crippen molar-refractivity contribution < 1.29 is 20.4 Å². The average Bonchev–Trinajstić information content (AvgIpc) is 2.43. The Labute approximate surface area is 117 Å². The van der Waals surface area contributed by atoms with Crippen LogP contribution in [0.5, 0.6) is 23.0 Å². The third kappa shape index (κ3) is 2.79. The zero-order valence-corrected chi connectivity index (χ0v) is 11.2. The number of phenolic OH excluding ortho intramolecular Hbond substituents is 4. The highest BCUT2D eigenvalue weighted by atomic mass is 16.3. The number of hydrogen-bond donors (Lipinski definition) is 4. The largest absolute Gasteiger partial charge is 0.504 e. The summed E-state index contributed by atoms with van der Waals surface area (Å²) in [6, 6.07) is 9.46. The van der Waals surface area contributed by atoms with Crippen molar-refractivity contribution >= 4 is 0 Å². The highest BCUT2D eigenvalue weighted by Crippen LogP contribution is 2.37. The fraction of sp³-hybridized carbons (Fsp3) is 0.250. The van der Waals surface area contributed by atoms with Gasteiger partial charge in [0.2, 0.25) is 0 Å². The van der Waals surface area contributed by atoms with Crippen LogP contribution in [0.1, 0.15) is 36.8 Å². The van der Waals surface area contributed by atoms with Gasteiger partial charge in [-0.3, -0.25) is 0 Å². The fourth-order valence-corrected chi connectivity index (χ4v) is 2.33. The summed E-state index contributed by atoms with van der Waals surface area (Å²) < 4.78 is 0. The SMILES string of the molecule is CCCC(c1ccc(O)c(O)c1)c1ccc(O)c(O)c1. The molecular formula is C16H18O4. The third-order valence-electron chi connectivity index (χ3n) is 3.38. The Morgan fingerprint density at radius 3 is 1.55 bits per heavy atom. The van der Waals surface area contributed by atoms with Crippen molar-refractivity contribution in [2.45, 2.75) is 25.7 Å². The zero-order chi connectivity index (χ0) is 14.7. The fourth-order valence-electron chi connectivity index (χ4n) is 2.33. The van der Waals surface area contributed by atoms with Crippen LogP contribution in [0.3, 0.4) is 0 Å². The number of phenols is 4. The molecule has 0 unspecified atom stereocenters. The van der Waals surface area contributed by atoms with Crippen molar-refractivity contribution in [2.75, 3.05) is 0 Å². The minimum Gasteiger partial charge on any atom is -0.504 e. The molecule has 4 nitrogen and oxygen atoms in total. The molecule has 0 heterocycles. The van der Waals surface area contributed by atoms with Gasteiger partial charge in [-0.1, -0.05) is 25.5 Å². The van der Waals surface area contributed by atoms with E-state index in [1.807, 2.05) is 6.92 Å². The molecule has 2 aromatic rings. The van der Waals surface area contributed by atoms with Crippen LogP contribution in [0.15, 0.2) is 36.4 Å². The normalized spacial score (nSPS) is 10.9. The lowest BCUT2D eigenvalue weighted by molar-refractivity contribution is 0.401. The van der Waals surface area contributed by atoms with Crippen LogP contribution in [0, 0.1) is 0 Å². The highest BCUT2D eigenvalue weighted by Gasteiger charge is 2.16. The molecule has 2 aromatic carbocycles. The number of aromatic hydroxyl groups is 4. The second kappa shape index (κ2) is 5.74. The van der Waals surface area contributed by atoms with Gasteiger partial charge in [-0.05, 0) is 41.8 Å². The summed E-state index contributed by atoms with van der Waals surface area (Å²) in [5.41, 5.74) is 1.71.